The highest BCUT2D eigenvalue weighted by atomic mass is 32.2. The quantitative estimate of drug-likeness (QED) is 0.364. The summed E-state index contributed by atoms with van der Waals surface area (Å²) >= 11 is 1.42. The zero-order chi connectivity index (χ0) is 18.9. The maximum absolute atomic E-state index is 13.0. The van der Waals surface area contributed by atoms with E-state index in [0.717, 1.165) is 11.3 Å². The number of ether oxygens (including phenoxy) is 1. The molecule has 3 aromatic carbocycles. The molecular formula is C21H18FN3OS. The van der Waals surface area contributed by atoms with E-state index in [1.807, 2.05) is 54.6 Å². The van der Waals surface area contributed by atoms with Crippen molar-refractivity contribution in [1.29, 1.82) is 0 Å². The van der Waals surface area contributed by atoms with Crippen molar-refractivity contribution in [3.8, 4) is 11.5 Å². The Labute approximate surface area is 161 Å². The second-order valence-electron chi connectivity index (χ2n) is 5.55. The zero-order valence-corrected chi connectivity index (χ0v) is 15.3. The van der Waals surface area contributed by atoms with E-state index in [9.17, 15) is 4.39 Å². The summed E-state index contributed by atoms with van der Waals surface area (Å²) in [6, 6.07) is 23.2. The summed E-state index contributed by atoms with van der Waals surface area (Å²) in [6.45, 7) is 0. The molecule has 3 aromatic rings. The molecule has 0 unspecified atom stereocenters. The first-order valence-corrected chi connectivity index (χ1v) is 9.25. The zero-order valence-electron chi connectivity index (χ0n) is 14.5. The van der Waals surface area contributed by atoms with Crippen LogP contribution >= 0.6 is 11.8 Å². The standard InChI is InChI=1S/C21H18FN3OS/c22-18-10-12-19(13-11-18)26-20-9-5-4-8-17(20)14-24-25-21(23)27-15-16-6-2-1-3-7-16/h1-14H,15H2,(H2,23,25). The first kappa shape index (κ1) is 18.7. The summed E-state index contributed by atoms with van der Waals surface area (Å²) in [5.41, 5.74) is 7.81. The van der Waals surface area contributed by atoms with E-state index in [0.29, 0.717) is 16.7 Å². The number of halogens is 1. The largest absolute Gasteiger partial charge is 0.457 e. The molecule has 0 spiro atoms. The second-order valence-corrected chi connectivity index (χ2v) is 6.55. The smallest absolute Gasteiger partial charge is 0.180 e. The molecule has 0 saturated carbocycles. The van der Waals surface area contributed by atoms with Crippen LogP contribution in [0.5, 0.6) is 11.5 Å². The van der Waals surface area contributed by atoms with Crippen LogP contribution in [0.2, 0.25) is 0 Å². The van der Waals surface area contributed by atoms with Crippen molar-refractivity contribution in [2.75, 3.05) is 0 Å². The van der Waals surface area contributed by atoms with Gasteiger partial charge in [0, 0.05) is 11.3 Å². The molecule has 2 N–H and O–H groups in total. The van der Waals surface area contributed by atoms with Gasteiger partial charge < -0.3 is 10.5 Å². The third kappa shape index (κ3) is 5.97. The molecule has 0 amide bonds. The van der Waals surface area contributed by atoms with Gasteiger partial charge in [-0.05, 0) is 42.0 Å². The predicted molar refractivity (Wildman–Crippen MR) is 110 cm³/mol. The van der Waals surface area contributed by atoms with Crippen LogP contribution in [-0.4, -0.2) is 11.4 Å². The van der Waals surface area contributed by atoms with Crippen molar-refractivity contribution >= 4 is 23.1 Å². The van der Waals surface area contributed by atoms with Crippen LogP contribution in [0.3, 0.4) is 0 Å². The summed E-state index contributed by atoms with van der Waals surface area (Å²) in [5.74, 6) is 1.56. The first-order chi connectivity index (χ1) is 13.2. The van der Waals surface area contributed by atoms with Crippen molar-refractivity contribution in [3.63, 3.8) is 0 Å². The van der Waals surface area contributed by atoms with E-state index < -0.39 is 0 Å². The summed E-state index contributed by atoms with van der Waals surface area (Å²) < 4.78 is 18.8. The number of para-hydroxylation sites is 1. The van der Waals surface area contributed by atoms with E-state index >= 15 is 0 Å². The minimum absolute atomic E-state index is 0.310. The van der Waals surface area contributed by atoms with Gasteiger partial charge in [-0.2, -0.15) is 5.10 Å². The van der Waals surface area contributed by atoms with Crippen molar-refractivity contribution in [1.82, 2.24) is 0 Å². The minimum atomic E-state index is -0.310. The topological polar surface area (TPSA) is 60.0 Å². The predicted octanol–water partition coefficient (Wildman–Crippen LogP) is 5.20. The average Bonchev–Trinajstić information content (AvgIpc) is 2.70. The van der Waals surface area contributed by atoms with Crippen molar-refractivity contribution in [2.24, 2.45) is 15.9 Å². The Balaban J connectivity index is 1.63. The molecule has 0 aromatic heterocycles. The second kappa shape index (κ2) is 9.54. The monoisotopic (exact) mass is 379 g/mol. The molecule has 0 aliphatic heterocycles. The minimum Gasteiger partial charge on any atom is -0.457 e. The van der Waals surface area contributed by atoms with Crippen LogP contribution in [0.4, 0.5) is 4.39 Å². The maximum Gasteiger partial charge on any atom is 0.180 e. The molecule has 0 fully saturated rings. The van der Waals surface area contributed by atoms with Crippen LogP contribution in [0.15, 0.2) is 89.1 Å². The lowest BCUT2D eigenvalue weighted by atomic mass is 10.2. The van der Waals surface area contributed by atoms with Gasteiger partial charge in [-0.25, -0.2) is 4.39 Å². The van der Waals surface area contributed by atoms with Crippen molar-refractivity contribution in [3.05, 3.63) is 95.8 Å². The van der Waals surface area contributed by atoms with Crippen molar-refractivity contribution in [2.45, 2.75) is 5.75 Å². The summed E-state index contributed by atoms with van der Waals surface area (Å²) in [6.07, 6.45) is 1.58. The molecule has 6 heteroatoms. The number of hydrogen-bond acceptors (Lipinski definition) is 4. The molecule has 3 rings (SSSR count). The van der Waals surface area contributed by atoms with Crippen LogP contribution in [0.1, 0.15) is 11.1 Å². The molecule has 27 heavy (non-hydrogen) atoms. The highest BCUT2D eigenvalue weighted by Crippen LogP contribution is 2.24. The van der Waals surface area contributed by atoms with Gasteiger partial charge in [0.2, 0.25) is 0 Å². The fraction of sp³-hybridized carbons (Fsp3) is 0.0476. The van der Waals surface area contributed by atoms with Crippen molar-refractivity contribution < 1.29 is 9.13 Å². The fourth-order valence-electron chi connectivity index (χ4n) is 2.22. The molecule has 0 heterocycles. The van der Waals surface area contributed by atoms with Gasteiger partial charge >= 0.3 is 0 Å². The van der Waals surface area contributed by atoms with Crippen LogP contribution in [0, 0.1) is 5.82 Å². The van der Waals surface area contributed by atoms with E-state index in [4.69, 9.17) is 10.5 Å². The number of nitrogens with two attached hydrogens (primary N) is 1. The Morgan fingerprint density at radius 1 is 0.963 bits per heavy atom. The lowest BCUT2D eigenvalue weighted by molar-refractivity contribution is 0.480. The molecule has 0 atom stereocenters. The highest BCUT2D eigenvalue weighted by molar-refractivity contribution is 8.13. The Kier molecular flexibility index (Phi) is 6.60. The first-order valence-electron chi connectivity index (χ1n) is 8.26. The number of rotatable bonds is 6. The van der Waals surface area contributed by atoms with Gasteiger partial charge in [0.1, 0.15) is 17.3 Å². The Morgan fingerprint density at radius 3 is 2.44 bits per heavy atom. The van der Waals surface area contributed by atoms with Gasteiger partial charge in [0.25, 0.3) is 0 Å². The SMILES string of the molecule is NC(=NN=Cc1ccccc1Oc1ccc(F)cc1)SCc1ccccc1. The fourth-order valence-corrected chi connectivity index (χ4v) is 2.83. The van der Waals surface area contributed by atoms with Crippen LogP contribution in [-0.2, 0) is 5.75 Å². The third-order valence-corrected chi connectivity index (χ3v) is 4.40. The number of amidine groups is 1. The Morgan fingerprint density at radius 2 is 1.67 bits per heavy atom. The number of thioether (sulfide) groups is 1. The Hall–Kier alpha value is -3.12. The molecule has 136 valence electrons. The molecule has 0 saturated heterocycles. The van der Waals surface area contributed by atoms with E-state index in [-0.39, 0.29) is 5.82 Å². The van der Waals surface area contributed by atoms with Gasteiger partial charge in [-0.3, -0.25) is 0 Å². The normalized spacial score (nSPS) is 11.7. The molecule has 0 aliphatic carbocycles. The van der Waals surface area contributed by atoms with Gasteiger partial charge in [0.15, 0.2) is 5.17 Å². The molecule has 0 aliphatic rings. The molecule has 4 nitrogen and oxygen atoms in total. The maximum atomic E-state index is 13.0. The third-order valence-electron chi connectivity index (χ3n) is 3.54. The number of benzene rings is 3. The number of nitrogens with zero attached hydrogens (tertiary/aromatic N) is 2. The van der Waals surface area contributed by atoms with Gasteiger partial charge in [-0.15, -0.1) is 5.10 Å². The molecule has 0 radical (unpaired) electrons. The molecule has 0 bridgehead atoms. The summed E-state index contributed by atoms with van der Waals surface area (Å²) in [5, 5.41) is 8.44. The Bertz CT molecular complexity index is 928. The van der Waals surface area contributed by atoms with Gasteiger partial charge in [-0.1, -0.05) is 54.2 Å². The highest BCUT2D eigenvalue weighted by Gasteiger charge is 2.03. The number of hydrogen-bond donors (Lipinski definition) is 1. The van der Waals surface area contributed by atoms with Gasteiger partial charge in [0.05, 0.1) is 6.21 Å². The summed E-state index contributed by atoms with van der Waals surface area (Å²) in [4.78, 5) is 0. The average molecular weight is 379 g/mol. The van der Waals surface area contributed by atoms with Crippen LogP contribution in [0.25, 0.3) is 0 Å². The molecular weight excluding hydrogens is 361 g/mol. The lowest BCUT2D eigenvalue weighted by Crippen LogP contribution is -2.06. The van der Waals surface area contributed by atoms with Crippen LogP contribution < -0.4 is 10.5 Å². The van der Waals surface area contributed by atoms with E-state index in [2.05, 4.69) is 10.2 Å². The lowest BCUT2D eigenvalue weighted by Gasteiger charge is -2.08. The van der Waals surface area contributed by atoms with E-state index in [1.165, 1.54) is 29.5 Å². The van der Waals surface area contributed by atoms with E-state index in [1.54, 1.807) is 18.3 Å². The summed E-state index contributed by atoms with van der Waals surface area (Å²) in [7, 11) is 0.